The van der Waals surface area contributed by atoms with E-state index in [1.807, 2.05) is 34.8 Å². The zero-order valence-corrected chi connectivity index (χ0v) is 28.2. The van der Waals surface area contributed by atoms with Gasteiger partial charge < -0.3 is 14.6 Å². The third-order valence-corrected chi connectivity index (χ3v) is 9.87. The van der Waals surface area contributed by atoms with Gasteiger partial charge in [-0.05, 0) is 73.5 Å². The summed E-state index contributed by atoms with van der Waals surface area (Å²) < 4.78 is 32.0. The molecule has 3 aromatic rings. The van der Waals surface area contributed by atoms with Gasteiger partial charge >= 0.3 is 11.4 Å². The fourth-order valence-electron chi connectivity index (χ4n) is 5.30. The van der Waals surface area contributed by atoms with Crippen molar-refractivity contribution in [1.29, 1.82) is 5.26 Å². The summed E-state index contributed by atoms with van der Waals surface area (Å²) in [6, 6.07) is 12.1. The number of hydrogen-bond donors (Lipinski definition) is 1. The van der Waals surface area contributed by atoms with Crippen molar-refractivity contribution in [3.05, 3.63) is 79.2 Å². The number of nitriles is 1. The maximum Gasteiger partial charge on any atom is 0.362 e. The van der Waals surface area contributed by atoms with E-state index in [2.05, 4.69) is 17.0 Å². The van der Waals surface area contributed by atoms with Gasteiger partial charge in [-0.15, -0.1) is 0 Å². The molecule has 0 aliphatic carbocycles. The summed E-state index contributed by atoms with van der Waals surface area (Å²) in [7, 11) is 3.66. The third kappa shape index (κ3) is 7.61. The van der Waals surface area contributed by atoms with Crippen molar-refractivity contribution < 1.29 is 23.1 Å². The minimum Gasteiger partial charge on any atom is -0.495 e. The standard InChI is InChI=1S/C18H24N4O2.C13H6Cl3F2NO2S/c1-4-21-8-5-9-22(18(21)23)16-10-13-12-20(2)15(6-7-19)14(13)11-17(16)24-3;14-7-2-1-3-8(15)11(7)22-9-4-10(13(16,17)18)19-12(21)6(9)5-20/h10-11,15H,4-6,8-9,12H2,1-3H3;1-5H,(H,19,21). The van der Waals surface area contributed by atoms with Gasteiger partial charge in [-0.2, -0.15) is 14.0 Å². The number of benzene rings is 2. The lowest BCUT2D eigenvalue weighted by Gasteiger charge is -2.35. The number of pyridine rings is 1. The van der Waals surface area contributed by atoms with Crippen LogP contribution in [0.4, 0.5) is 19.3 Å². The van der Waals surface area contributed by atoms with Gasteiger partial charge in [0.05, 0.1) is 40.9 Å². The zero-order chi connectivity index (χ0) is 33.8. The van der Waals surface area contributed by atoms with Crippen LogP contribution >= 0.6 is 46.6 Å². The number of fused-ring (bicyclic) bond motifs is 1. The molecule has 9 nitrogen and oxygen atoms in total. The molecule has 3 heterocycles. The van der Waals surface area contributed by atoms with Crippen LogP contribution in [0.15, 0.2) is 51.0 Å². The Kier molecular flexibility index (Phi) is 11.6. The largest absolute Gasteiger partial charge is 0.495 e. The Morgan fingerprint density at radius 2 is 1.89 bits per heavy atom. The highest BCUT2D eigenvalue weighted by Gasteiger charge is 2.33. The Morgan fingerprint density at radius 1 is 1.20 bits per heavy atom. The number of aromatic amines is 1. The van der Waals surface area contributed by atoms with E-state index in [0.29, 0.717) is 23.6 Å². The molecule has 1 N–H and O–H groups in total. The van der Waals surface area contributed by atoms with Crippen LogP contribution in [0.2, 0.25) is 10.0 Å². The number of hydrogen-bond acceptors (Lipinski definition) is 7. The van der Waals surface area contributed by atoms with Crippen LogP contribution in [0.1, 0.15) is 53.0 Å². The van der Waals surface area contributed by atoms with Crippen molar-refractivity contribution in [2.75, 3.05) is 38.7 Å². The van der Waals surface area contributed by atoms with Crippen molar-refractivity contribution in [3.8, 4) is 11.8 Å². The topological polar surface area (TPSA) is 110 Å². The predicted octanol–water partition coefficient (Wildman–Crippen LogP) is 7.68. The summed E-state index contributed by atoms with van der Waals surface area (Å²) in [5.74, 6) is 0.707. The highest BCUT2D eigenvalue weighted by molar-refractivity contribution is 7.99. The van der Waals surface area contributed by atoms with Crippen molar-refractivity contribution in [2.24, 2.45) is 0 Å². The Morgan fingerprint density at radius 3 is 2.48 bits per heavy atom. The molecule has 2 aliphatic rings. The second kappa shape index (κ2) is 15.0. The summed E-state index contributed by atoms with van der Waals surface area (Å²) >= 11 is 17.7. The van der Waals surface area contributed by atoms with E-state index >= 15 is 0 Å². The Balaban J connectivity index is 0.000000210. The first kappa shape index (κ1) is 35.5. The molecule has 1 saturated heterocycles. The van der Waals surface area contributed by atoms with E-state index in [-0.39, 0.29) is 38.9 Å². The van der Waals surface area contributed by atoms with Crippen LogP contribution in [-0.4, -0.2) is 60.9 Å². The molecule has 15 heteroatoms. The maximum atomic E-state index is 13.2. The summed E-state index contributed by atoms with van der Waals surface area (Å²) in [5, 5.41) is 5.82. The number of amides is 2. The number of anilines is 1. The van der Waals surface area contributed by atoms with Gasteiger partial charge in [0.15, 0.2) is 6.29 Å². The van der Waals surface area contributed by atoms with Gasteiger partial charge in [0, 0.05) is 42.0 Å². The van der Waals surface area contributed by atoms with Gasteiger partial charge in [0.1, 0.15) is 11.4 Å². The van der Waals surface area contributed by atoms with Crippen LogP contribution in [0, 0.1) is 11.3 Å². The lowest BCUT2D eigenvalue weighted by atomic mass is 10.0. The Bertz CT molecular complexity index is 1710. The summed E-state index contributed by atoms with van der Waals surface area (Å²) in [6.07, 6.45) is 1.68. The first-order chi connectivity index (χ1) is 21.8. The molecule has 46 heavy (non-hydrogen) atoms. The molecule has 1 unspecified atom stereocenters. The third-order valence-electron chi connectivity index (χ3n) is 7.61. The quantitative estimate of drug-likeness (QED) is 0.189. The lowest BCUT2D eigenvalue weighted by molar-refractivity contribution is 0.0891. The molecule has 244 valence electrons. The second-order valence-electron chi connectivity index (χ2n) is 10.4. The fraction of sp³-hybridized carbons (Fsp3) is 0.355. The van der Waals surface area contributed by atoms with E-state index in [1.54, 1.807) is 25.3 Å². The summed E-state index contributed by atoms with van der Waals surface area (Å²) in [6.45, 7) is 5.03. The number of H-pyrrole nitrogens is 1. The van der Waals surface area contributed by atoms with Crippen LogP contribution in [0.3, 0.4) is 0 Å². The van der Waals surface area contributed by atoms with E-state index in [9.17, 15) is 23.2 Å². The monoisotopic (exact) mass is 711 g/mol. The highest BCUT2D eigenvalue weighted by atomic mass is 35.5. The average molecular weight is 713 g/mol. The number of aldehydes is 1. The van der Waals surface area contributed by atoms with E-state index < -0.39 is 16.6 Å². The van der Waals surface area contributed by atoms with Gasteiger partial charge in [0.2, 0.25) is 0 Å². The number of aromatic nitrogens is 1. The van der Waals surface area contributed by atoms with Gasteiger partial charge in [0.25, 0.3) is 5.56 Å². The van der Waals surface area contributed by atoms with E-state index in [0.717, 1.165) is 55.1 Å². The first-order valence-electron chi connectivity index (χ1n) is 14.1. The minimum atomic E-state index is -3.78. The van der Waals surface area contributed by atoms with Crippen molar-refractivity contribution in [3.63, 3.8) is 0 Å². The zero-order valence-electron chi connectivity index (χ0n) is 25.1. The molecular weight excluding hydrogens is 683 g/mol. The minimum absolute atomic E-state index is 0.0240. The maximum absolute atomic E-state index is 13.2. The van der Waals surface area contributed by atoms with Gasteiger partial charge in [-0.1, -0.05) is 41.0 Å². The number of rotatable bonds is 8. The smallest absolute Gasteiger partial charge is 0.362 e. The average Bonchev–Trinajstić information content (AvgIpc) is 3.31. The molecule has 0 saturated carbocycles. The molecule has 2 aromatic carbocycles. The number of alkyl halides is 3. The fourth-order valence-corrected chi connectivity index (χ4v) is 7.01. The van der Waals surface area contributed by atoms with E-state index in [4.69, 9.17) is 44.8 Å². The molecule has 5 rings (SSSR count). The number of carbonyl (C=O) groups is 2. The van der Waals surface area contributed by atoms with Crippen LogP contribution in [0.25, 0.3) is 0 Å². The molecule has 2 aliphatic heterocycles. The van der Waals surface area contributed by atoms with E-state index in [1.165, 1.54) is 5.56 Å². The van der Waals surface area contributed by atoms with Gasteiger partial charge in [-0.25, -0.2) is 4.79 Å². The number of carbonyl (C=O) groups excluding carboxylic acids is 2. The van der Waals surface area contributed by atoms with Crippen molar-refractivity contribution >= 4 is 64.6 Å². The molecule has 0 spiro atoms. The molecule has 1 fully saturated rings. The lowest BCUT2D eigenvalue weighted by Crippen LogP contribution is -2.49. The summed E-state index contributed by atoms with van der Waals surface area (Å²) in [5.41, 5.74) is 1.04. The van der Waals surface area contributed by atoms with Crippen LogP contribution in [0.5, 0.6) is 5.75 Å². The SMILES string of the molecule is CCN1CCCN(c2cc3c(cc2OC)C(CC#N)N(C)C3)C1=O.O=Cc1c(Sc2c(Cl)cccc2Cl)cc(C(F)(F)Cl)[nH]c1=O. The number of ether oxygens (including phenoxy) is 1. The highest BCUT2D eigenvalue weighted by Crippen LogP contribution is 2.43. The number of urea groups is 1. The number of halogens is 5. The Labute approximate surface area is 284 Å². The van der Waals surface area contributed by atoms with Gasteiger partial charge in [-0.3, -0.25) is 19.4 Å². The molecule has 2 amide bonds. The predicted molar refractivity (Wildman–Crippen MR) is 175 cm³/mol. The van der Waals surface area contributed by atoms with Crippen LogP contribution < -0.4 is 15.2 Å². The van der Waals surface area contributed by atoms with Crippen LogP contribution in [-0.2, 0) is 11.9 Å². The normalized spacial score (nSPS) is 16.4. The molecule has 0 radical (unpaired) electrons. The molecule has 1 atom stereocenters. The number of methoxy groups -OCH3 is 1. The number of nitrogens with one attached hydrogen (secondary N) is 1. The first-order valence-corrected chi connectivity index (χ1v) is 16.1. The molecular formula is C31H30Cl3F2N5O4S. The van der Waals surface area contributed by atoms with Crippen molar-refractivity contribution in [1.82, 2.24) is 14.8 Å². The Hall–Kier alpha value is -3.34. The summed E-state index contributed by atoms with van der Waals surface area (Å²) in [4.78, 5) is 43.5. The molecule has 0 bridgehead atoms. The number of nitrogens with zero attached hydrogens (tertiary/aromatic N) is 4. The van der Waals surface area contributed by atoms with Crippen molar-refractivity contribution in [2.45, 2.75) is 47.5 Å². The second-order valence-corrected chi connectivity index (χ2v) is 12.8. The molecule has 1 aromatic heterocycles.